The van der Waals surface area contributed by atoms with Crippen molar-refractivity contribution in [1.82, 2.24) is 5.01 Å². The molecule has 4 heteroatoms. The minimum absolute atomic E-state index is 0.00818. The number of hydrogen-bond acceptors (Lipinski definition) is 4. The van der Waals surface area contributed by atoms with Crippen LogP contribution in [0.1, 0.15) is 31.8 Å². The van der Waals surface area contributed by atoms with Crippen LogP contribution in [0, 0.1) is 0 Å². The highest BCUT2D eigenvalue weighted by Crippen LogP contribution is 2.14. The molecule has 0 saturated heterocycles. The largest absolute Gasteiger partial charge is 0.292 e. The van der Waals surface area contributed by atoms with Crippen LogP contribution in [0.2, 0.25) is 0 Å². The molecule has 0 aliphatic heterocycles. The Hall–Kier alpha value is -4.31. The van der Waals surface area contributed by atoms with Crippen molar-refractivity contribution in [3.8, 4) is 0 Å². The van der Waals surface area contributed by atoms with Gasteiger partial charge in [0.05, 0.1) is 18.8 Å². The topological polar surface area (TPSA) is 49.7 Å². The molecule has 0 aromatic heterocycles. The minimum atomic E-state index is -0.0966. The maximum atomic E-state index is 13.0. The van der Waals surface area contributed by atoms with Crippen molar-refractivity contribution in [1.29, 1.82) is 0 Å². The molecular weight excluding hydrogens is 408 g/mol. The van der Waals surface area contributed by atoms with E-state index < -0.39 is 0 Å². The van der Waals surface area contributed by atoms with E-state index in [2.05, 4.69) is 0 Å². The third kappa shape index (κ3) is 5.89. The average molecular weight is 433 g/mol. The molecule has 0 amide bonds. The SMILES string of the molecule is O=C(CN(CC(=O)c1ccccc1)N=C(c1ccccc1)c1ccccc1)c1ccccc1. The lowest BCUT2D eigenvalue weighted by Gasteiger charge is -2.20. The Morgan fingerprint density at radius 1 is 0.485 bits per heavy atom. The number of Topliss-reactive ketones (excluding diaryl/α,β-unsaturated/α-hetero) is 2. The number of carbonyl (C=O) groups is 2. The summed E-state index contributed by atoms with van der Waals surface area (Å²) in [5.74, 6) is -0.193. The first kappa shape index (κ1) is 21.9. The number of nitrogens with zero attached hydrogens (tertiary/aromatic N) is 2. The molecule has 4 aromatic rings. The summed E-state index contributed by atoms with van der Waals surface area (Å²) in [5.41, 5.74) is 3.70. The van der Waals surface area contributed by atoms with Crippen LogP contribution in [0.4, 0.5) is 0 Å². The Kier molecular flexibility index (Phi) is 7.18. The molecule has 33 heavy (non-hydrogen) atoms. The zero-order chi connectivity index (χ0) is 22.9. The molecule has 0 heterocycles. The molecule has 0 aliphatic carbocycles. The number of hydrogen-bond donors (Lipinski definition) is 0. The zero-order valence-corrected chi connectivity index (χ0v) is 18.2. The summed E-state index contributed by atoms with van der Waals surface area (Å²) >= 11 is 0. The lowest BCUT2D eigenvalue weighted by molar-refractivity contribution is 0.0875. The van der Waals surface area contributed by atoms with Gasteiger partial charge >= 0.3 is 0 Å². The average Bonchev–Trinajstić information content (AvgIpc) is 2.89. The van der Waals surface area contributed by atoms with Crippen molar-refractivity contribution in [2.45, 2.75) is 0 Å². The summed E-state index contributed by atoms with van der Waals surface area (Å²) in [6.07, 6.45) is 0. The van der Waals surface area contributed by atoms with Crippen LogP contribution in [0.15, 0.2) is 126 Å². The molecule has 4 rings (SSSR count). The van der Waals surface area contributed by atoms with Gasteiger partial charge in [-0.05, 0) is 0 Å². The van der Waals surface area contributed by atoms with Gasteiger partial charge in [-0.15, -0.1) is 0 Å². The molecule has 0 fully saturated rings. The minimum Gasteiger partial charge on any atom is -0.292 e. The van der Waals surface area contributed by atoms with E-state index >= 15 is 0 Å². The van der Waals surface area contributed by atoms with Crippen molar-refractivity contribution in [2.24, 2.45) is 5.10 Å². The molecular formula is C29H24N2O2. The molecule has 0 bridgehead atoms. The molecule has 0 atom stereocenters. The van der Waals surface area contributed by atoms with E-state index in [0.29, 0.717) is 16.8 Å². The van der Waals surface area contributed by atoms with E-state index in [-0.39, 0.29) is 24.7 Å². The molecule has 0 unspecified atom stereocenters. The maximum Gasteiger partial charge on any atom is 0.183 e. The Morgan fingerprint density at radius 2 is 0.788 bits per heavy atom. The number of rotatable bonds is 9. The Balaban J connectivity index is 1.71. The number of benzene rings is 4. The smallest absolute Gasteiger partial charge is 0.183 e. The number of carbonyl (C=O) groups excluding carboxylic acids is 2. The lowest BCUT2D eigenvalue weighted by Crippen LogP contribution is -2.32. The molecule has 0 saturated carbocycles. The summed E-state index contributed by atoms with van der Waals surface area (Å²) in [6.45, 7) is -0.0164. The van der Waals surface area contributed by atoms with E-state index in [1.165, 1.54) is 0 Å². The predicted octanol–water partition coefficient (Wildman–Crippen LogP) is 5.51. The van der Waals surface area contributed by atoms with Gasteiger partial charge in [-0.3, -0.25) is 14.6 Å². The highest BCUT2D eigenvalue weighted by molar-refractivity contribution is 6.13. The molecule has 4 nitrogen and oxygen atoms in total. The fourth-order valence-electron chi connectivity index (χ4n) is 3.50. The van der Waals surface area contributed by atoms with Crippen LogP contribution in [-0.4, -0.2) is 35.4 Å². The first-order valence-corrected chi connectivity index (χ1v) is 10.8. The van der Waals surface area contributed by atoms with E-state index in [4.69, 9.17) is 5.10 Å². The highest BCUT2D eigenvalue weighted by Gasteiger charge is 2.18. The zero-order valence-electron chi connectivity index (χ0n) is 18.2. The summed E-state index contributed by atoms with van der Waals surface area (Å²) in [4.78, 5) is 26.0. The van der Waals surface area contributed by atoms with Crippen molar-refractivity contribution < 1.29 is 9.59 Å². The summed E-state index contributed by atoms with van der Waals surface area (Å²) in [6, 6.07) is 37.7. The van der Waals surface area contributed by atoms with Gasteiger partial charge in [0.2, 0.25) is 0 Å². The van der Waals surface area contributed by atoms with Crippen molar-refractivity contribution >= 4 is 17.3 Å². The normalized spacial score (nSPS) is 10.3. The second-order valence-electron chi connectivity index (χ2n) is 7.58. The van der Waals surface area contributed by atoms with Crippen LogP contribution in [0.3, 0.4) is 0 Å². The van der Waals surface area contributed by atoms with Crippen molar-refractivity contribution in [3.05, 3.63) is 144 Å². The van der Waals surface area contributed by atoms with E-state index in [1.807, 2.05) is 97.1 Å². The number of ketones is 2. The maximum absolute atomic E-state index is 13.0. The van der Waals surface area contributed by atoms with Crippen LogP contribution in [0.25, 0.3) is 0 Å². The Bertz CT molecular complexity index is 1130. The van der Waals surface area contributed by atoms with Crippen molar-refractivity contribution in [2.75, 3.05) is 13.1 Å². The van der Waals surface area contributed by atoms with Gasteiger partial charge < -0.3 is 0 Å². The van der Waals surface area contributed by atoms with Gasteiger partial charge in [-0.25, -0.2) is 0 Å². The summed E-state index contributed by atoms with van der Waals surface area (Å²) in [5, 5.41) is 6.43. The fraction of sp³-hybridized carbons (Fsp3) is 0.0690. The third-order valence-electron chi connectivity index (χ3n) is 5.18. The summed E-state index contributed by atoms with van der Waals surface area (Å²) < 4.78 is 0. The molecule has 4 aromatic carbocycles. The third-order valence-corrected chi connectivity index (χ3v) is 5.18. The van der Waals surface area contributed by atoms with Crippen LogP contribution >= 0.6 is 0 Å². The predicted molar refractivity (Wildman–Crippen MR) is 132 cm³/mol. The molecule has 0 radical (unpaired) electrons. The first-order valence-electron chi connectivity index (χ1n) is 10.8. The van der Waals surface area contributed by atoms with Gasteiger partial charge in [0.15, 0.2) is 11.6 Å². The van der Waals surface area contributed by atoms with E-state index in [9.17, 15) is 9.59 Å². The monoisotopic (exact) mass is 432 g/mol. The van der Waals surface area contributed by atoms with Gasteiger partial charge in [-0.1, -0.05) is 121 Å². The second kappa shape index (κ2) is 10.8. The van der Waals surface area contributed by atoms with Gasteiger partial charge in [0.25, 0.3) is 0 Å². The van der Waals surface area contributed by atoms with Crippen LogP contribution in [-0.2, 0) is 0 Å². The highest BCUT2D eigenvalue weighted by atomic mass is 16.1. The molecule has 0 N–H and O–H groups in total. The fourth-order valence-corrected chi connectivity index (χ4v) is 3.50. The molecule has 0 spiro atoms. The van der Waals surface area contributed by atoms with Crippen molar-refractivity contribution in [3.63, 3.8) is 0 Å². The van der Waals surface area contributed by atoms with E-state index in [1.54, 1.807) is 29.3 Å². The van der Waals surface area contributed by atoms with E-state index in [0.717, 1.165) is 11.1 Å². The second-order valence-corrected chi connectivity index (χ2v) is 7.58. The molecule has 0 aliphatic rings. The molecule has 162 valence electrons. The van der Waals surface area contributed by atoms with Gasteiger partial charge in [-0.2, -0.15) is 5.10 Å². The van der Waals surface area contributed by atoms with Gasteiger partial charge in [0, 0.05) is 22.3 Å². The lowest BCUT2D eigenvalue weighted by atomic mass is 10.0. The van der Waals surface area contributed by atoms with Crippen LogP contribution < -0.4 is 0 Å². The Labute approximate surface area is 193 Å². The Morgan fingerprint density at radius 3 is 1.12 bits per heavy atom. The van der Waals surface area contributed by atoms with Crippen LogP contribution in [0.5, 0.6) is 0 Å². The van der Waals surface area contributed by atoms with Gasteiger partial charge in [0.1, 0.15) is 0 Å². The standard InChI is InChI=1S/C29H24N2O2/c32-27(23-13-5-1-6-14-23)21-31(22-28(33)24-15-7-2-8-16-24)30-29(25-17-9-3-10-18-25)26-19-11-4-12-20-26/h1-20H,21-22H2. The number of hydrazone groups is 1. The summed E-state index contributed by atoms with van der Waals surface area (Å²) in [7, 11) is 0. The quantitative estimate of drug-likeness (QED) is 0.199. The first-order chi connectivity index (χ1) is 16.2.